The first-order valence-electron chi connectivity index (χ1n) is 10.8. The maximum Gasteiger partial charge on any atom is 0.336 e. The summed E-state index contributed by atoms with van der Waals surface area (Å²) < 4.78 is 21.5. The molecule has 1 aliphatic heterocycles. The number of esters is 2. The van der Waals surface area contributed by atoms with Crippen molar-refractivity contribution in [3.63, 3.8) is 0 Å². The summed E-state index contributed by atoms with van der Waals surface area (Å²) in [5.74, 6) is -0.692. The van der Waals surface area contributed by atoms with Gasteiger partial charge in [-0.05, 0) is 50.6 Å². The minimum absolute atomic E-state index is 0.206. The topological polar surface area (TPSA) is 74.3 Å². The lowest BCUT2D eigenvalue weighted by molar-refractivity contribution is -0.139. The molecular weight excluding hydrogens is 422 g/mol. The lowest BCUT2D eigenvalue weighted by Gasteiger charge is -2.30. The quantitative estimate of drug-likeness (QED) is 0.547. The Hall–Kier alpha value is -3.74. The Labute approximate surface area is 194 Å². The molecule has 0 saturated carbocycles. The predicted molar refractivity (Wildman–Crippen MR) is 125 cm³/mol. The molecule has 0 amide bonds. The molecule has 7 nitrogen and oxygen atoms in total. The summed E-state index contributed by atoms with van der Waals surface area (Å²) in [6, 6.07) is 13.1. The highest BCUT2D eigenvalue weighted by molar-refractivity contribution is 6.00. The van der Waals surface area contributed by atoms with Gasteiger partial charge in [0.25, 0.3) is 0 Å². The minimum Gasteiger partial charge on any atom is -0.493 e. The van der Waals surface area contributed by atoms with Crippen LogP contribution >= 0.6 is 0 Å². The van der Waals surface area contributed by atoms with Crippen molar-refractivity contribution in [2.75, 3.05) is 32.3 Å². The molecular formula is C26H29NO6. The van der Waals surface area contributed by atoms with Crippen LogP contribution in [0.5, 0.6) is 11.5 Å². The second-order valence-corrected chi connectivity index (χ2v) is 7.40. The van der Waals surface area contributed by atoms with Gasteiger partial charge in [-0.25, -0.2) is 9.59 Å². The van der Waals surface area contributed by atoms with Gasteiger partial charge in [-0.3, -0.25) is 0 Å². The molecule has 0 aromatic heterocycles. The van der Waals surface area contributed by atoms with E-state index in [0.29, 0.717) is 28.2 Å². The third kappa shape index (κ3) is 5.19. The molecule has 3 rings (SSSR count). The summed E-state index contributed by atoms with van der Waals surface area (Å²) >= 11 is 0. The van der Waals surface area contributed by atoms with E-state index in [9.17, 15) is 9.59 Å². The highest BCUT2D eigenvalue weighted by Crippen LogP contribution is 2.41. The van der Waals surface area contributed by atoms with E-state index >= 15 is 0 Å². The van der Waals surface area contributed by atoms with E-state index in [2.05, 4.69) is 0 Å². The molecule has 0 atom stereocenters. The molecule has 1 aliphatic rings. The van der Waals surface area contributed by atoms with Crippen LogP contribution in [0.15, 0.2) is 66.0 Å². The number of aryl methyl sites for hydroxylation is 1. The number of hydrogen-bond acceptors (Lipinski definition) is 7. The standard InChI is InChI=1S/C26H29NO6/c1-6-32-25(28)20-15-27(19-11-8-17(3)9-12-19)16-21(26(29)33-7-2)24(20)18-10-13-22(30-4)23(14-18)31-5/h8-16,24H,6-7H2,1-5H3. The van der Waals surface area contributed by atoms with E-state index in [1.807, 2.05) is 31.2 Å². The van der Waals surface area contributed by atoms with E-state index in [1.165, 1.54) is 7.11 Å². The van der Waals surface area contributed by atoms with Gasteiger partial charge >= 0.3 is 11.9 Å². The van der Waals surface area contributed by atoms with Gasteiger partial charge in [0.1, 0.15) is 0 Å². The fourth-order valence-corrected chi connectivity index (χ4v) is 3.68. The van der Waals surface area contributed by atoms with Gasteiger partial charge < -0.3 is 23.8 Å². The van der Waals surface area contributed by atoms with Crippen LogP contribution in [0.1, 0.15) is 30.9 Å². The Morgan fingerprint density at radius 2 is 1.36 bits per heavy atom. The number of benzene rings is 2. The minimum atomic E-state index is -0.704. The van der Waals surface area contributed by atoms with Crippen LogP contribution in [-0.4, -0.2) is 39.4 Å². The number of rotatable bonds is 8. The first kappa shape index (κ1) is 23.9. The Bertz CT molecular complexity index is 1030. The number of hydrogen-bond donors (Lipinski definition) is 0. The smallest absolute Gasteiger partial charge is 0.336 e. The molecule has 33 heavy (non-hydrogen) atoms. The van der Waals surface area contributed by atoms with Crippen molar-refractivity contribution in [3.05, 3.63) is 77.1 Å². The Morgan fingerprint density at radius 1 is 0.818 bits per heavy atom. The Kier molecular flexibility index (Phi) is 7.77. The second-order valence-electron chi connectivity index (χ2n) is 7.40. The molecule has 2 aromatic carbocycles. The van der Waals surface area contributed by atoms with E-state index < -0.39 is 17.9 Å². The zero-order chi connectivity index (χ0) is 24.0. The van der Waals surface area contributed by atoms with Gasteiger partial charge in [0.15, 0.2) is 11.5 Å². The fraction of sp³-hybridized carbons (Fsp3) is 0.308. The molecule has 0 radical (unpaired) electrons. The first-order chi connectivity index (χ1) is 15.9. The average Bonchev–Trinajstić information content (AvgIpc) is 2.83. The van der Waals surface area contributed by atoms with E-state index in [-0.39, 0.29) is 13.2 Å². The number of methoxy groups -OCH3 is 2. The molecule has 0 fully saturated rings. The van der Waals surface area contributed by atoms with Crippen molar-refractivity contribution >= 4 is 17.6 Å². The van der Waals surface area contributed by atoms with Crippen LogP contribution in [0.4, 0.5) is 5.69 Å². The molecule has 0 unspecified atom stereocenters. The number of nitrogens with zero attached hydrogens (tertiary/aromatic N) is 1. The van der Waals surface area contributed by atoms with Crippen LogP contribution in [0, 0.1) is 6.92 Å². The summed E-state index contributed by atoms with van der Waals surface area (Å²) in [4.78, 5) is 27.9. The molecule has 174 valence electrons. The number of ether oxygens (including phenoxy) is 4. The van der Waals surface area contributed by atoms with Gasteiger partial charge in [0.2, 0.25) is 0 Å². The van der Waals surface area contributed by atoms with Crippen molar-refractivity contribution in [2.24, 2.45) is 0 Å². The van der Waals surface area contributed by atoms with Crippen LogP contribution in [0.25, 0.3) is 0 Å². The highest BCUT2D eigenvalue weighted by atomic mass is 16.5. The lowest BCUT2D eigenvalue weighted by Crippen LogP contribution is -2.29. The summed E-state index contributed by atoms with van der Waals surface area (Å²) in [6.07, 6.45) is 3.40. The molecule has 1 heterocycles. The average molecular weight is 452 g/mol. The van der Waals surface area contributed by atoms with Crippen molar-refractivity contribution in [1.82, 2.24) is 0 Å². The third-order valence-corrected chi connectivity index (χ3v) is 5.27. The largest absolute Gasteiger partial charge is 0.493 e. The number of carbonyl (C=O) groups excluding carboxylic acids is 2. The zero-order valence-electron chi connectivity index (χ0n) is 19.6. The first-order valence-corrected chi connectivity index (χ1v) is 10.8. The van der Waals surface area contributed by atoms with Crippen LogP contribution < -0.4 is 14.4 Å². The molecule has 7 heteroatoms. The van der Waals surface area contributed by atoms with Crippen molar-refractivity contribution in [1.29, 1.82) is 0 Å². The molecule has 0 bridgehead atoms. The van der Waals surface area contributed by atoms with Gasteiger partial charge in [-0.1, -0.05) is 23.8 Å². The zero-order valence-corrected chi connectivity index (χ0v) is 19.6. The molecule has 2 aromatic rings. The van der Waals surface area contributed by atoms with Gasteiger partial charge in [-0.2, -0.15) is 0 Å². The van der Waals surface area contributed by atoms with E-state index in [4.69, 9.17) is 18.9 Å². The molecule has 0 N–H and O–H groups in total. The van der Waals surface area contributed by atoms with Crippen molar-refractivity contribution in [2.45, 2.75) is 26.7 Å². The third-order valence-electron chi connectivity index (χ3n) is 5.27. The summed E-state index contributed by atoms with van der Waals surface area (Å²) in [6.45, 7) is 5.89. The summed E-state index contributed by atoms with van der Waals surface area (Å²) in [5, 5.41) is 0. The maximum atomic E-state index is 13.1. The Balaban J connectivity index is 2.19. The number of carbonyl (C=O) groups is 2. The van der Waals surface area contributed by atoms with Crippen LogP contribution in [0.2, 0.25) is 0 Å². The second kappa shape index (κ2) is 10.7. The molecule has 0 saturated heterocycles. The lowest BCUT2D eigenvalue weighted by atomic mass is 9.83. The monoisotopic (exact) mass is 451 g/mol. The SMILES string of the molecule is CCOC(=O)C1=CN(c2ccc(C)cc2)C=C(C(=O)OCC)C1c1ccc(OC)c(OC)c1. The molecule has 0 spiro atoms. The van der Waals surface area contributed by atoms with Gasteiger partial charge in [-0.15, -0.1) is 0 Å². The normalized spacial score (nSPS) is 13.7. The van der Waals surface area contributed by atoms with Gasteiger partial charge in [0.05, 0.1) is 44.5 Å². The highest BCUT2D eigenvalue weighted by Gasteiger charge is 2.36. The maximum absolute atomic E-state index is 13.1. The van der Waals surface area contributed by atoms with Crippen LogP contribution in [-0.2, 0) is 19.1 Å². The van der Waals surface area contributed by atoms with Crippen molar-refractivity contribution in [3.8, 4) is 11.5 Å². The predicted octanol–water partition coefficient (Wildman–Crippen LogP) is 4.51. The fourth-order valence-electron chi connectivity index (χ4n) is 3.68. The van der Waals surface area contributed by atoms with Crippen molar-refractivity contribution < 1.29 is 28.5 Å². The van der Waals surface area contributed by atoms with E-state index in [1.54, 1.807) is 56.5 Å². The number of anilines is 1. The summed E-state index contributed by atoms with van der Waals surface area (Å²) in [5.41, 5.74) is 3.21. The van der Waals surface area contributed by atoms with Gasteiger partial charge in [0, 0.05) is 18.1 Å². The van der Waals surface area contributed by atoms with Crippen LogP contribution in [0.3, 0.4) is 0 Å². The summed E-state index contributed by atoms with van der Waals surface area (Å²) in [7, 11) is 3.08. The Morgan fingerprint density at radius 3 is 1.85 bits per heavy atom. The molecule has 0 aliphatic carbocycles. The van der Waals surface area contributed by atoms with E-state index in [0.717, 1.165) is 11.3 Å².